The van der Waals surface area contributed by atoms with Crippen LogP contribution >= 0.6 is 0 Å². The van der Waals surface area contributed by atoms with Gasteiger partial charge in [0.15, 0.2) is 0 Å². The van der Waals surface area contributed by atoms with Gasteiger partial charge in [-0.25, -0.2) is 8.78 Å². The number of halogens is 2. The van der Waals surface area contributed by atoms with Gasteiger partial charge in [-0.2, -0.15) is 0 Å². The quantitative estimate of drug-likeness (QED) is 0.858. The Morgan fingerprint density at radius 2 is 1.61 bits per heavy atom. The van der Waals surface area contributed by atoms with Crippen molar-refractivity contribution in [2.45, 2.75) is 18.9 Å². The summed E-state index contributed by atoms with van der Waals surface area (Å²) in [5, 5.41) is 10.1. The largest absolute Gasteiger partial charge is 0.388 e. The van der Waals surface area contributed by atoms with Gasteiger partial charge in [0, 0.05) is 12.2 Å². The van der Waals surface area contributed by atoms with Gasteiger partial charge in [0.05, 0.1) is 12.0 Å². The number of benzene rings is 2. The average molecular weight is 317 g/mol. The molecule has 2 aromatic carbocycles. The predicted octanol–water partition coefficient (Wildman–Crippen LogP) is 3.44. The van der Waals surface area contributed by atoms with Crippen LogP contribution in [0.5, 0.6) is 0 Å². The number of carbonyl (C=O) groups is 1. The molecule has 1 heterocycles. The maximum Gasteiger partial charge on any atom is 0.231 e. The van der Waals surface area contributed by atoms with Crippen LogP contribution in [0.4, 0.5) is 14.5 Å². The SMILES string of the molecule is O=C1C(CC[C@@H](O)c2ccc(F)cc2)CN1c1ccc(F)cc1. The Hall–Kier alpha value is -2.27. The number of hydrogen-bond donors (Lipinski definition) is 1. The molecule has 1 amide bonds. The third-order valence-corrected chi connectivity index (χ3v) is 4.20. The molecule has 3 rings (SSSR count). The Kier molecular flexibility index (Phi) is 4.39. The molecule has 2 aromatic rings. The van der Waals surface area contributed by atoms with E-state index >= 15 is 0 Å². The fourth-order valence-electron chi connectivity index (χ4n) is 2.78. The molecular weight excluding hydrogens is 300 g/mol. The topological polar surface area (TPSA) is 40.5 Å². The first-order valence-corrected chi connectivity index (χ1v) is 7.55. The van der Waals surface area contributed by atoms with Gasteiger partial charge in [-0.1, -0.05) is 12.1 Å². The second-order valence-corrected chi connectivity index (χ2v) is 5.77. The molecule has 0 bridgehead atoms. The van der Waals surface area contributed by atoms with Crippen molar-refractivity contribution in [3.05, 3.63) is 65.7 Å². The van der Waals surface area contributed by atoms with E-state index in [1.807, 2.05) is 0 Å². The van der Waals surface area contributed by atoms with Gasteiger partial charge in [-0.15, -0.1) is 0 Å². The van der Waals surface area contributed by atoms with Crippen molar-refractivity contribution in [1.29, 1.82) is 0 Å². The highest BCUT2D eigenvalue weighted by Crippen LogP contribution is 2.31. The van der Waals surface area contributed by atoms with Crippen LogP contribution in [-0.2, 0) is 4.79 Å². The standard InChI is InChI=1S/C18H17F2NO2/c19-14-4-1-12(2-5-14)17(22)10-3-13-11-21(18(13)23)16-8-6-15(20)7-9-16/h1-2,4-9,13,17,22H,3,10-11H2/t13?,17-/m1/s1. The maximum absolute atomic E-state index is 12.9. The van der Waals surface area contributed by atoms with Gasteiger partial charge in [0.25, 0.3) is 0 Å². The van der Waals surface area contributed by atoms with Gasteiger partial charge in [0.1, 0.15) is 11.6 Å². The van der Waals surface area contributed by atoms with Crippen molar-refractivity contribution in [3.63, 3.8) is 0 Å². The zero-order valence-corrected chi connectivity index (χ0v) is 12.5. The molecule has 1 N–H and O–H groups in total. The van der Waals surface area contributed by atoms with Gasteiger partial charge in [-0.05, 0) is 54.8 Å². The Balaban J connectivity index is 1.52. The van der Waals surface area contributed by atoms with E-state index in [1.165, 1.54) is 24.3 Å². The molecule has 1 unspecified atom stereocenters. The second-order valence-electron chi connectivity index (χ2n) is 5.77. The Morgan fingerprint density at radius 3 is 2.17 bits per heavy atom. The van der Waals surface area contributed by atoms with Crippen LogP contribution < -0.4 is 4.90 Å². The summed E-state index contributed by atoms with van der Waals surface area (Å²) in [4.78, 5) is 13.7. The van der Waals surface area contributed by atoms with Crippen molar-refractivity contribution < 1.29 is 18.7 Å². The molecule has 23 heavy (non-hydrogen) atoms. The molecule has 1 aliphatic rings. The fraction of sp³-hybridized carbons (Fsp3) is 0.278. The van der Waals surface area contributed by atoms with Crippen molar-refractivity contribution in [1.82, 2.24) is 0 Å². The predicted molar refractivity (Wildman–Crippen MR) is 82.8 cm³/mol. The molecule has 3 nitrogen and oxygen atoms in total. The molecule has 1 aliphatic heterocycles. The van der Waals surface area contributed by atoms with E-state index in [0.29, 0.717) is 30.6 Å². The monoisotopic (exact) mass is 317 g/mol. The van der Waals surface area contributed by atoms with Gasteiger partial charge in [0.2, 0.25) is 5.91 Å². The first-order valence-electron chi connectivity index (χ1n) is 7.55. The highest BCUT2D eigenvalue weighted by molar-refractivity contribution is 6.01. The van der Waals surface area contributed by atoms with Gasteiger partial charge in [-0.3, -0.25) is 4.79 Å². The summed E-state index contributed by atoms with van der Waals surface area (Å²) in [6.07, 6.45) is 0.303. The second kappa shape index (κ2) is 6.46. The van der Waals surface area contributed by atoms with Gasteiger partial charge < -0.3 is 10.0 Å². The fourth-order valence-corrected chi connectivity index (χ4v) is 2.78. The van der Waals surface area contributed by atoms with Crippen LogP contribution in [0.15, 0.2) is 48.5 Å². The summed E-state index contributed by atoms with van der Waals surface area (Å²) in [6.45, 7) is 0.570. The van der Waals surface area contributed by atoms with Gasteiger partial charge >= 0.3 is 0 Å². The lowest BCUT2D eigenvalue weighted by molar-refractivity contribution is -0.127. The summed E-state index contributed by atoms with van der Waals surface area (Å²) >= 11 is 0. The van der Waals surface area contributed by atoms with Crippen molar-refractivity contribution in [2.24, 2.45) is 5.92 Å². The van der Waals surface area contributed by atoms with E-state index in [1.54, 1.807) is 29.2 Å². The van der Waals surface area contributed by atoms with Crippen molar-refractivity contribution >= 4 is 11.6 Å². The molecule has 0 spiro atoms. The smallest absolute Gasteiger partial charge is 0.231 e. The van der Waals surface area contributed by atoms with Crippen molar-refractivity contribution in [2.75, 3.05) is 11.4 Å². The lowest BCUT2D eigenvalue weighted by atomic mass is 9.90. The van der Waals surface area contributed by atoms with Crippen molar-refractivity contribution in [3.8, 4) is 0 Å². The minimum absolute atomic E-state index is 0.0112. The molecule has 0 saturated carbocycles. The minimum Gasteiger partial charge on any atom is -0.388 e. The van der Waals surface area contributed by atoms with Crippen LogP contribution in [0, 0.1) is 17.6 Å². The normalized spacial score (nSPS) is 18.7. The number of aliphatic hydroxyl groups is 1. The third kappa shape index (κ3) is 3.40. The van der Waals surface area contributed by atoms with E-state index in [-0.39, 0.29) is 23.5 Å². The summed E-state index contributed by atoms with van der Waals surface area (Å²) in [6, 6.07) is 11.5. The summed E-state index contributed by atoms with van der Waals surface area (Å²) in [5.41, 5.74) is 1.33. The number of β-lactam (4-membered cyclic amide) rings is 1. The van der Waals surface area contributed by atoms with E-state index in [0.717, 1.165) is 0 Å². The summed E-state index contributed by atoms with van der Waals surface area (Å²) in [7, 11) is 0. The van der Waals surface area contributed by atoms with Crippen LogP contribution in [0.3, 0.4) is 0 Å². The van der Waals surface area contributed by atoms with Crippen LogP contribution in [0.25, 0.3) is 0 Å². The molecule has 0 aromatic heterocycles. The summed E-state index contributed by atoms with van der Waals surface area (Å²) in [5.74, 6) is -0.816. The van der Waals surface area contributed by atoms with E-state index in [4.69, 9.17) is 0 Å². The van der Waals surface area contributed by atoms with E-state index in [2.05, 4.69) is 0 Å². The third-order valence-electron chi connectivity index (χ3n) is 4.20. The number of rotatable bonds is 5. The number of nitrogens with zero attached hydrogens (tertiary/aromatic N) is 1. The highest BCUT2D eigenvalue weighted by atomic mass is 19.1. The van der Waals surface area contributed by atoms with Crippen LogP contribution in [0.2, 0.25) is 0 Å². The number of anilines is 1. The average Bonchev–Trinajstić information content (AvgIpc) is 2.55. The molecule has 120 valence electrons. The number of amides is 1. The minimum atomic E-state index is -0.705. The maximum atomic E-state index is 12.9. The molecule has 1 saturated heterocycles. The first kappa shape index (κ1) is 15.6. The highest BCUT2D eigenvalue weighted by Gasteiger charge is 2.37. The molecule has 0 aliphatic carbocycles. The van der Waals surface area contributed by atoms with Crippen LogP contribution in [0.1, 0.15) is 24.5 Å². The molecule has 5 heteroatoms. The van der Waals surface area contributed by atoms with E-state index < -0.39 is 6.10 Å². The lowest BCUT2D eigenvalue weighted by Gasteiger charge is -2.38. The summed E-state index contributed by atoms with van der Waals surface area (Å²) < 4.78 is 25.7. The number of hydrogen-bond acceptors (Lipinski definition) is 2. The first-order chi connectivity index (χ1) is 11.0. The number of carbonyl (C=O) groups excluding carboxylic acids is 1. The molecule has 1 fully saturated rings. The molecule has 0 radical (unpaired) electrons. The zero-order valence-electron chi connectivity index (χ0n) is 12.5. The lowest BCUT2D eigenvalue weighted by Crippen LogP contribution is -2.52. The Bertz CT molecular complexity index is 685. The van der Waals surface area contributed by atoms with E-state index in [9.17, 15) is 18.7 Å². The van der Waals surface area contributed by atoms with Crippen LogP contribution in [-0.4, -0.2) is 17.6 Å². The Labute approximate surface area is 133 Å². The number of aliphatic hydroxyl groups excluding tert-OH is 1. The molecular formula is C18H17F2NO2. The Morgan fingerprint density at radius 1 is 1.04 bits per heavy atom. The molecule has 2 atom stereocenters. The zero-order chi connectivity index (χ0) is 16.4.